The molecule has 0 aromatic rings. The zero-order valence-corrected chi connectivity index (χ0v) is 6.28. The summed E-state index contributed by atoms with van der Waals surface area (Å²) in [6.07, 6.45) is 0. The van der Waals surface area contributed by atoms with Gasteiger partial charge in [-0.2, -0.15) is 12.6 Å². The Kier molecular flexibility index (Phi) is 5.76. The first kappa shape index (κ1) is 8.78. The van der Waals surface area contributed by atoms with Crippen molar-refractivity contribution in [1.82, 2.24) is 5.32 Å². The SMILES string of the molecule is CC(=O)NCCOCS. The minimum absolute atomic E-state index is 0.0298. The van der Waals surface area contributed by atoms with E-state index in [2.05, 4.69) is 17.9 Å². The molecule has 0 aliphatic carbocycles. The van der Waals surface area contributed by atoms with Crippen LogP contribution < -0.4 is 5.32 Å². The fourth-order valence-electron chi connectivity index (χ4n) is 0.364. The van der Waals surface area contributed by atoms with Crippen molar-refractivity contribution in [1.29, 1.82) is 0 Å². The van der Waals surface area contributed by atoms with Gasteiger partial charge in [-0.3, -0.25) is 4.79 Å². The maximum Gasteiger partial charge on any atom is 0.216 e. The van der Waals surface area contributed by atoms with Gasteiger partial charge in [0.05, 0.1) is 12.5 Å². The van der Waals surface area contributed by atoms with Gasteiger partial charge >= 0.3 is 0 Å². The summed E-state index contributed by atoms with van der Waals surface area (Å²) in [5, 5.41) is 2.58. The molecule has 0 radical (unpaired) electrons. The number of rotatable bonds is 4. The van der Waals surface area contributed by atoms with Crippen molar-refractivity contribution in [3.8, 4) is 0 Å². The molecule has 1 N–H and O–H groups in total. The summed E-state index contributed by atoms with van der Waals surface area (Å²) in [5.41, 5.74) is 0. The van der Waals surface area contributed by atoms with Crippen LogP contribution in [-0.2, 0) is 9.53 Å². The second-order valence-corrected chi connectivity index (χ2v) is 1.78. The molecule has 0 aliphatic heterocycles. The first-order valence-electron chi connectivity index (χ1n) is 2.70. The van der Waals surface area contributed by atoms with Crippen molar-refractivity contribution >= 4 is 18.5 Å². The van der Waals surface area contributed by atoms with Crippen molar-refractivity contribution in [2.24, 2.45) is 0 Å². The van der Waals surface area contributed by atoms with E-state index in [0.717, 1.165) is 0 Å². The summed E-state index contributed by atoms with van der Waals surface area (Å²) >= 11 is 3.81. The topological polar surface area (TPSA) is 38.3 Å². The van der Waals surface area contributed by atoms with E-state index < -0.39 is 0 Å². The van der Waals surface area contributed by atoms with Crippen LogP contribution >= 0.6 is 12.6 Å². The third-order valence-electron chi connectivity index (χ3n) is 0.712. The lowest BCUT2D eigenvalue weighted by Gasteiger charge is -1.99. The number of hydrogen-bond donors (Lipinski definition) is 2. The van der Waals surface area contributed by atoms with E-state index in [4.69, 9.17) is 4.74 Å². The lowest BCUT2D eigenvalue weighted by atomic mass is 10.6. The number of carbonyl (C=O) groups is 1. The largest absolute Gasteiger partial charge is 0.369 e. The lowest BCUT2D eigenvalue weighted by molar-refractivity contribution is -0.119. The fourth-order valence-corrected chi connectivity index (χ4v) is 0.493. The highest BCUT2D eigenvalue weighted by Gasteiger charge is 1.87. The van der Waals surface area contributed by atoms with Crippen LogP contribution in [0.3, 0.4) is 0 Å². The first-order valence-corrected chi connectivity index (χ1v) is 3.33. The number of carbonyl (C=O) groups excluding carboxylic acids is 1. The van der Waals surface area contributed by atoms with E-state index in [-0.39, 0.29) is 5.91 Å². The van der Waals surface area contributed by atoms with E-state index in [0.29, 0.717) is 19.1 Å². The van der Waals surface area contributed by atoms with Gasteiger partial charge in [-0.15, -0.1) is 0 Å². The number of ether oxygens (including phenoxy) is 1. The summed E-state index contributed by atoms with van der Waals surface area (Å²) in [6.45, 7) is 2.57. The second kappa shape index (κ2) is 5.91. The molecule has 0 aliphatic rings. The van der Waals surface area contributed by atoms with Crippen LogP contribution in [0.4, 0.5) is 0 Å². The predicted octanol–water partition coefficient (Wildman–Crippen LogP) is 0.0264. The molecule has 0 bridgehead atoms. The van der Waals surface area contributed by atoms with Gasteiger partial charge in [-0.05, 0) is 0 Å². The summed E-state index contributed by atoms with van der Waals surface area (Å²) in [4.78, 5) is 10.2. The van der Waals surface area contributed by atoms with Crippen molar-refractivity contribution in [2.45, 2.75) is 6.92 Å². The molecule has 4 heteroatoms. The number of nitrogens with one attached hydrogen (secondary N) is 1. The van der Waals surface area contributed by atoms with Crippen molar-refractivity contribution in [3.63, 3.8) is 0 Å². The van der Waals surface area contributed by atoms with Crippen LogP contribution in [0.2, 0.25) is 0 Å². The van der Waals surface area contributed by atoms with Crippen LogP contribution in [0.25, 0.3) is 0 Å². The molecule has 3 nitrogen and oxygen atoms in total. The zero-order chi connectivity index (χ0) is 7.11. The molecular formula is C5H11NO2S. The maximum absolute atomic E-state index is 10.2. The average molecular weight is 149 g/mol. The van der Waals surface area contributed by atoms with Crippen molar-refractivity contribution in [3.05, 3.63) is 0 Å². The van der Waals surface area contributed by atoms with E-state index in [1.54, 1.807) is 0 Å². The van der Waals surface area contributed by atoms with E-state index in [1.807, 2.05) is 0 Å². The van der Waals surface area contributed by atoms with Gasteiger partial charge < -0.3 is 10.1 Å². The molecule has 0 saturated heterocycles. The van der Waals surface area contributed by atoms with Crippen molar-refractivity contribution in [2.75, 3.05) is 19.1 Å². The highest BCUT2D eigenvalue weighted by atomic mass is 32.1. The first-order chi connectivity index (χ1) is 4.27. The monoisotopic (exact) mass is 149 g/mol. The van der Waals surface area contributed by atoms with Crippen LogP contribution in [-0.4, -0.2) is 25.0 Å². The van der Waals surface area contributed by atoms with E-state index in [1.165, 1.54) is 6.92 Å². The summed E-state index contributed by atoms with van der Waals surface area (Å²) in [6, 6.07) is 0. The molecule has 54 valence electrons. The number of hydrogen-bond acceptors (Lipinski definition) is 3. The third-order valence-corrected chi connectivity index (χ3v) is 0.894. The number of amides is 1. The molecular weight excluding hydrogens is 138 g/mol. The summed E-state index contributed by atoms with van der Waals surface area (Å²) in [7, 11) is 0. The molecule has 0 spiro atoms. The summed E-state index contributed by atoms with van der Waals surface area (Å²) < 4.78 is 4.83. The van der Waals surface area contributed by atoms with Crippen molar-refractivity contribution < 1.29 is 9.53 Å². The molecule has 0 fully saturated rings. The maximum atomic E-state index is 10.2. The third kappa shape index (κ3) is 7.78. The van der Waals surface area contributed by atoms with E-state index >= 15 is 0 Å². The van der Waals surface area contributed by atoms with Gasteiger partial charge in [0.25, 0.3) is 0 Å². The van der Waals surface area contributed by atoms with Crippen LogP contribution in [0.1, 0.15) is 6.92 Å². The fraction of sp³-hybridized carbons (Fsp3) is 0.800. The Morgan fingerprint density at radius 1 is 1.78 bits per heavy atom. The van der Waals surface area contributed by atoms with Gasteiger partial charge in [-0.1, -0.05) is 0 Å². The van der Waals surface area contributed by atoms with E-state index in [9.17, 15) is 4.79 Å². The average Bonchev–Trinajstić information content (AvgIpc) is 1.80. The molecule has 1 amide bonds. The Balaban J connectivity index is 2.83. The second-order valence-electron chi connectivity index (χ2n) is 1.52. The van der Waals surface area contributed by atoms with Gasteiger partial charge in [0.1, 0.15) is 0 Å². The van der Waals surface area contributed by atoms with Crippen LogP contribution in [0, 0.1) is 0 Å². The predicted molar refractivity (Wildman–Crippen MR) is 38.5 cm³/mol. The Morgan fingerprint density at radius 2 is 2.44 bits per heavy atom. The molecule has 0 unspecified atom stereocenters. The van der Waals surface area contributed by atoms with Crippen LogP contribution in [0.5, 0.6) is 0 Å². The molecule has 0 rings (SSSR count). The number of thiol groups is 1. The highest BCUT2D eigenvalue weighted by Crippen LogP contribution is 1.75. The standard InChI is InChI=1S/C5H11NO2S/c1-5(7)6-2-3-8-4-9/h9H,2-4H2,1H3,(H,6,7). The van der Waals surface area contributed by atoms with Gasteiger partial charge in [-0.25, -0.2) is 0 Å². The van der Waals surface area contributed by atoms with Crippen LogP contribution in [0.15, 0.2) is 0 Å². The van der Waals surface area contributed by atoms with Gasteiger partial charge in [0.15, 0.2) is 0 Å². The molecule has 0 aromatic carbocycles. The summed E-state index contributed by atoms with van der Waals surface area (Å²) in [5.74, 6) is 0.373. The Labute approximate surface area is 60.2 Å². The molecule has 9 heavy (non-hydrogen) atoms. The smallest absolute Gasteiger partial charge is 0.216 e. The highest BCUT2D eigenvalue weighted by molar-refractivity contribution is 7.80. The molecule has 0 atom stereocenters. The Hall–Kier alpha value is -0.220. The zero-order valence-electron chi connectivity index (χ0n) is 5.39. The van der Waals surface area contributed by atoms with Gasteiger partial charge in [0.2, 0.25) is 5.91 Å². The molecule has 0 saturated carbocycles. The lowest BCUT2D eigenvalue weighted by Crippen LogP contribution is -2.24. The minimum atomic E-state index is -0.0298. The Bertz CT molecular complexity index is 87.0. The van der Waals surface area contributed by atoms with Gasteiger partial charge in [0, 0.05) is 13.5 Å². The minimum Gasteiger partial charge on any atom is -0.369 e. The quantitative estimate of drug-likeness (QED) is 0.336. The molecule has 0 aromatic heterocycles. The Morgan fingerprint density at radius 3 is 2.89 bits per heavy atom. The normalized spacial score (nSPS) is 9.11. The molecule has 0 heterocycles.